The summed E-state index contributed by atoms with van der Waals surface area (Å²) in [4.78, 5) is 20.7. The van der Waals surface area contributed by atoms with Gasteiger partial charge in [-0.2, -0.15) is 5.26 Å². The second-order valence-electron chi connectivity index (χ2n) is 5.15. The molecule has 1 heterocycles. The van der Waals surface area contributed by atoms with E-state index in [9.17, 15) is 4.79 Å². The number of rotatable bonds is 4. The van der Waals surface area contributed by atoms with Gasteiger partial charge in [-0.1, -0.05) is 42.5 Å². The maximum atomic E-state index is 12.2. The van der Waals surface area contributed by atoms with Gasteiger partial charge in [-0.3, -0.25) is 4.79 Å². The molecule has 3 aromatic rings. The second kappa shape index (κ2) is 7.16. The highest BCUT2D eigenvalue weighted by molar-refractivity contribution is 6.03. The van der Waals surface area contributed by atoms with E-state index in [2.05, 4.69) is 21.4 Å². The first kappa shape index (κ1) is 15.4. The lowest BCUT2D eigenvalue weighted by Crippen LogP contribution is -2.12. The van der Waals surface area contributed by atoms with E-state index in [1.54, 1.807) is 12.1 Å². The Labute approximate surface area is 139 Å². The van der Waals surface area contributed by atoms with Gasteiger partial charge in [-0.05, 0) is 17.7 Å². The molecular formula is C19H14N4O. The molecule has 0 unspecified atom stereocenters. The smallest absolute Gasteiger partial charge is 0.258 e. The average Bonchev–Trinajstić information content (AvgIpc) is 2.64. The number of nitrogens with zero attached hydrogens (tertiary/aromatic N) is 3. The monoisotopic (exact) mass is 314 g/mol. The molecule has 116 valence electrons. The van der Waals surface area contributed by atoms with E-state index < -0.39 is 0 Å². The van der Waals surface area contributed by atoms with Crippen molar-refractivity contribution in [1.82, 2.24) is 9.97 Å². The normalized spacial score (nSPS) is 9.96. The molecule has 0 fully saturated rings. The standard InChI is InChI=1S/C19H14N4O/c20-11-10-14-6-8-17(9-7-14)23-19(24)16-12-21-18(22-13-16)15-4-2-1-3-5-15/h1-9,12-13H,10H2,(H,23,24). The summed E-state index contributed by atoms with van der Waals surface area (Å²) in [7, 11) is 0. The number of hydrogen-bond donors (Lipinski definition) is 1. The first-order valence-electron chi connectivity index (χ1n) is 7.41. The summed E-state index contributed by atoms with van der Waals surface area (Å²) in [6.45, 7) is 0. The molecule has 1 N–H and O–H groups in total. The zero-order valence-electron chi connectivity index (χ0n) is 12.8. The van der Waals surface area contributed by atoms with Crippen molar-refractivity contribution in [2.75, 3.05) is 5.32 Å². The van der Waals surface area contributed by atoms with E-state index in [1.807, 2.05) is 42.5 Å². The van der Waals surface area contributed by atoms with Crippen LogP contribution in [0.25, 0.3) is 11.4 Å². The minimum Gasteiger partial charge on any atom is -0.322 e. The minimum atomic E-state index is -0.275. The Morgan fingerprint density at radius 3 is 2.29 bits per heavy atom. The molecule has 0 radical (unpaired) electrons. The molecule has 3 rings (SSSR count). The van der Waals surface area contributed by atoms with Crippen molar-refractivity contribution in [3.8, 4) is 17.5 Å². The summed E-state index contributed by atoms with van der Waals surface area (Å²) in [5, 5.41) is 11.4. The molecule has 0 bridgehead atoms. The molecule has 5 heteroatoms. The van der Waals surface area contributed by atoms with Crippen LogP contribution in [0.2, 0.25) is 0 Å². The number of amides is 1. The number of carbonyl (C=O) groups excluding carboxylic acids is 1. The summed E-state index contributed by atoms with van der Waals surface area (Å²) in [5.41, 5.74) is 2.85. The predicted molar refractivity (Wildman–Crippen MR) is 91.2 cm³/mol. The molecule has 0 aliphatic heterocycles. The van der Waals surface area contributed by atoms with Crippen molar-refractivity contribution >= 4 is 11.6 Å². The van der Waals surface area contributed by atoms with Crippen LogP contribution in [-0.2, 0) is 6.42 Å². The first-order valence-corrected chi connectivity index (χ1v) is 7.41. The molecule has 0 saturated heterocycles. The van der Waals surface area contributed by atoms with Crippen LogP contribution in [0, 0.1) is 11.3 Å². The Kier molecular flexibility index (Phi) is 4.59. The molecule has 0 saturated carbocycles. The van der Waals surface area contributed by atoms with Crippen molar-refractivity contribution in [3.63, 3.8) is 0 Å². The summed E-state index contributed by atoms with van der Waals surface area (Å²) < 4.78 is 0. The van der Waals surface area contributed by atoms with E-state index >= 15 is 0 Å². The summed E-state index contributed by atoms with van der Waals surface area (Å²) in [6, 6.07) is 18.8. The van der Waals surface area contributed by atoms with E-state index in [0.29, 0.717) is 23.5 Å². The van der Waals surface area contributed by atoms with Gasteiger partial charge in [0.05, 0.1) is 18.1 Å². The molecule has 24 heavy (non-hydrogen) atoms. The second-order valence-corrected chi connectivity index (χ2v) is 5.15. The van der Waals surface area contributed by atoms with Crippen LogP contribution in [0.15, 0.2) is 67.0 Å². The van der Waals surface area contributed by atoms with Crippen LogP contribution in [0.5, 0.6) is 0 Å². The number of nitriles is 1. The topological polar surface area (TPSA) is 78.7 Å². The van der Waals surface area contributed by atoms with Gasteiger partial charge in [0.15, 0.2) is 5.82 Å². The van der Waals surface area contributed by atoms with Gasteiger partial charge < -0.3 is 5.32 Å². The molecule has 0 spiro atoms. The van der Waals surface area contributed by atoms with E-state index in [4.69, 9.17) is 5.26 Å². The fourth-order valence-corrected chi connectivity index (χ4v) is 2.18. The van der Waals surface area contributed by atoms with Gasteiger partial charge in [0.2, 0.25) is 0 Å². The van der Waals surface area contributed by atoms with E-state index in [0.717, 1.165) is 11.1 Å². The number of hydrogen-bond acceptors (Lipinski definition) is 4. The van der Waals surface area contributed by atoms with Crippen LogP contribution in [0.3, 0.4) is 0 Å². The van der Waals surface area contributed by atoms with Gasteiger partial charge in [0, 0.05) is 23.6 Å². The molecular weight excluding hydrogens is 300 g/mol. The third-order valence-electron chi connectivity index (χ3n) is 3.44. The maximum absolute atomic E-state index is 12.2. The zero-order valence-corrected chi connectivity index (χ0v) is 12.8. The van der Waals surface area contributed by atoms with Crippen LogP contribution in [-0.4, -0.2) is 15.9 Å². The fourth-order valence-electron chi connectivity index (χ4n) is 2.18. The SMILES string of the molecule is N#CCc1ccc(NC(=O)c2cnc(-c3ccccc3)nc2)cc1. The lowest BCUT2D eigenvalue weighted by atomic mass is 10.1. The summed E-state index contributed by atoms with van der Waals surface area (Å²) >= 11 is 0. The number of aromatic nitrogens is 2. The first-order chi connectivity index (χ1) is 11.8. The van der Waals surface area contributed by atoms with Gasteiger partial charge in [0.25, 0.3) is 5.91 Å². The van der Waals surface area contributed by atoms with Gasteiger partial charge in [-0.25, -0.2) is 9.97 Å². The summed E-state index contributed by atoms with van der Waals surface area (Å²) in [6.07, 6.45) is 3.37. The number of nitrogens with one attached hydrogen (secondary N) is 1. The zero-order chi connectivity index (χ0) is 16.8. The van der Waals surface area contributed by atoms with E-state index in [1.165, 1.54) is 12.4 Å². The Bertz CT molecular complexity index is 866. The third kappa shape index (κ3) is 3.62. The van der Waals surface area contributed by atoms with Crippen molar-refractivity contribution in [1.29, 1.82) is 5.26 Å². The van der Waals surface area contributed by atoms with Crippen LogP contribution in [0.1, 0.15) is 15.9 Å². The van der Waals surface area contributed by atoms with Gasteiger partial charge >= 0.3 is 0 Å². The highest BCUT2D eigenvalue weighted by Crippen LogP contribution is 2.14. The maximum Gasteiger partial charge on any atom is 0.258 e. The highest BCUT2D eigenvalue weighted by Gasteiger charge is 2.08. The Morgan fingerprint density at radius 1 is 1.00 bits per heavy atom. The minimum absolute atomic E-state index is 0.275. The molecule has 2 aromatic carbocycles. The van der Waals surface area contributed by atoms with Crippen molar-refractivity contribution in [2.45, 2.75) is 6.42 Å². The number of benzene rings is 2. The molecule has 1 aromatic heterocycles. The quantitative estimate of drug-likeness (QED) is 0.800. The third-order valence-corrected chi connectivity index (χ3v) is 3.44. The molecule has 5 nitrogen and oxygen atoms in total. The van der Waals surface area contributed by atoms with Gasteiger partial charge in [-0.15, -0.1) is 0 Å². The van der Waals surface area contributed by atoms with E-state index in [-0.39, 0.29) is 5.91 Å². The van der Waals surface area contributed by atoms with Crippen molar-refractivity contribution in [2.24, 2.45) is 0 Å². The average molecular weight is 314 g/mol. The highest BCUT2D eigenvalue weighted by atomic mass is 16.1. The van der Waals surface area contributed by atoms with Gasteiger partial charge in [0.1, 0.15) is 0 Å². The fraction of sp³-hybridized carbons (Fsp3) is 0.0526. The van der Waals surface area contributed by atoms with Crippen LogP contribution < -0.4 is 5.32 Å². The Hall–Kier alpha value is -3.52. The number of anilines is 1. The molecule has 0 atom stereocenters. The molecule has 0 aliphatic carbocycles. The predicted octanol–water partition coefficient (Wildman–Crippen LogP) is 3.46. The van der Waals surface area contributed by atoms with Crippen LogP contribution >= 0.6 is 0 Å². The lowest BCUT2D eigenvalue weighted by molar-refractivity contribution is 0.102. The van der Waals surface area contributed by atoms with Crippen molar-refractivity contribution in [3.05, 3.63) is 78.1 Å². The molecule has 0 aliphatic rings. The van der Waals surface area contributed by atoms with Crippen molar-refractivity contribution < 1.29 is 4.79 Å². The largest absolute Gasteiger partial charge is 0.322 e. The Balaban J connectivity index is 1.70. The lowest BCUT2D eigenvalue weighted by Gasteiger charge is -2.06. The molecule has 1 amide bonds. The van der Waals surface area contributed by atoms with Crippen LogP contribution in [0.4, 0.5) is 5.69 Å². The summed E-state index contributed by atoms with van der Waals surface area (Å²) in [5.74, 6) is 0.302. The number of carbonyl (C=O) groups is 1. The Morgan fingerprint density at radius 2 is 1.67 bits per heavy atom.